The molecule has 0 saturated heterocycles. The average Bonchev–Trinajstić information content (AvgIpc) is 2.24. The van der Waals surface area contributed by atoms with Gasteiger partial charge < -0.3 is 9.84 Å². The zero-order valence-electron chi connectivity index (χ0n) is 8.20. The first-order valence-corrected chi connectivity index (χ1v) is 5.26. The second-order valence-electron chi connectivity index (χ2n) is 2.69. The summed E-state index contributed by atoms with van der Waals surface area (Å²) in [6.45, 7) is 0. The molecule has 1 aromatic rings. The van der Waals surface area contributed by atoms with Gasteiger partial charge in [-0.3, -0.25) is 0 Å². The van der Waals surface area contributed by atoms with E-state index in [9.17, 15) is 9.90 Å². The number of halogens is 2. The lowest BCUT2D eigenvalue weighted by Crippen LogP contribution is -2.16. The molecule has 0 fully saturated rings. The number of phenols is 1. The van der Waals surface area contributed by atoms with Crippen LogP contribution in [-0.4, -0.2) is 24.5 Å². The van der Waals surface area contributed by atoms with Crippen molar-refractivity contribution < 1.29 is 14.6 Å². The molecule has 0 aliphatic carbocycles. The summed E-state index contributed by atoms with van der Waals surface area (Å²) >= 11 is 8.95. The molecule has 0 heterocycles. The number of benzene rings is 1. The molecule has 7 heteroatoms. The van der Waals surface area contributed by atoms with E-state index in [-0.39, 0.29) is 10.8 Å². The van der Waals surface area contributed by atoms with Crippen molar-refractivity contribution in [1.29, 1.82) is 0 Å². The second kappa shape index (κ2) is 5.72. The molecule has 1 rings (SSSR count). The van der Waals surface area contributed by atoms with Crippen molar-refractivity contribution in [3.05, 3.63) is 27.2 Å². The minimum atomic E-state index is -0.697. The van der Waals surface area contributed by atoms with E-state index in [2.05, 4.69) is 31.2 Å². The Morgan fingerprint density at radius 2 is 2.38 bits per heavy atom. The van der Waals surface area contributed by atoms with Gasteiger partial charge in [0.15, 0.2) is 0 Å². The minimum absolute atomic E-state index is 0.111. The largest absolute Gasteiger partial charge is 0.506 e. The number of hydrazone groups is 1. The summed E-state index contributed by atoms with van der Waals surface area (Å²) in [4.78, 5) is 10.7. The monoisotopic (exact) mass is 306 g/mol. The smallest absolute Gasteiger partial charge is 0.427 e. The lowest BCUT2D eigenvalue weighted by molar-refractivity contribution is 0.171. The van der Waals surface area contributed by atoms with Gasteiger partial charge in [0.25, 0.3) is 0 Å². The fourth-order valence-corrected chi connectivity index (χ4v) is 1.72. The van der Waals surface area contributed by atoms with Crippen LogP contribution < -0.4 is 5.43 Å². The predicted molar refractivity (Wildman–Crippen MR) is 64.0 cm³/mol. The highest BCUT2D eigenvalue weighted by Crippen LogP contribution is 2.30. The summed E-state index contributed by atoms with van der Waals surface area (Å²) in [5, 5.41) is 13.3. The SMILES string of the molecule is COC(=O)N/N=C\c1cc(Br)cc(Cl)c1O. The number of carbonyl (C=O) groups excluding carboxylic acids is 1. The number of amides is 1. The second-order valence-corrected chi connectivity index (χ2v) is 4.01. The van der Waals surface area contributed by atoms with Crippen molar-refractivity contribution in [3.63, 3.8) is 0 Å². The van der Waals surface area contributed by atoms with Crippen molar-refractivity contribution >= 4 is 39.8 Å². The molecule has 0 atom stereocenters. The third-order valence-electron chi connectivity index (χ3n) is 1.60. The van der Waals surface area contributed by atoms with Gasteiger partial charge in [-0.2, -0.15) is 5.10 Å². The molecule has 0 unspecified atom stereocenters. The van der Waals surface area contributed by atoms with Crippen LogP contribution in [0, 0.1) is 0 Å². The number of nitrogens with one attached hydrogen (secondary N) is 1. The maximum absolute atomic E-state index is 10.7. The highest BCUT2D eigenvalue weighted by Gasteiger charge is 2.05. The van der Waals surface area contributed by atoms with Crippen LogP contribution in [0.3, 0.4) is 0 Å². The molecule has 2 N–H and O–H groups in total. The van der Waals surface area contributed by atoms with E-state index in [0.29, 0.717) is 10.0 Å². The maximum atomic E-state index is 10.7. The molecule has 1 amide bonds. The standard InChI is InChI=1S/C9H8BrClN2O3/c1-16-9(15)13-12-4-5-2-6(10)3-7(11)8(5)14/h2-4,14H,1H3,(H,13,15)/b12-4-. The fraction of sp³-hybridized carbons (Fsp3) is 0.111. The molecule has 1 aromatic carbocycles. The van der Waals surface area contributed by atoms with Crippen molar-refractivity contribution in [2.45, 2.75) is 0 Å². The van der Waals surface area contributed by atoms with Crippen molar-refractivity contribution in [2.24, 2.45) is 5.10 Å². The number of ether oxygens (including phenoxy) is 1. The van der Waals surface area contributed by atoms with Crippen molar-refractivity contribution in [2.75, 3.05) is 7.11 Å². The van der Waals surface area contributed by atoms with Crippen LogP contribution in [0.2, 0.25) is 5.02 Å². The molecular formula is C9H8BrClN2O3. The zero-order valence-corrected chi connectivity index (χ0v) is 10.5. The summed E-state index contributed by atoms with van der Waals surface area (Å²) in [5.41, 5.74) is 2.46. The van der Waals surface area contributed by atoms with Crippen molar-refractivity contribution in [1.82, 2.24) is 5.43 Å². The maximum Gasteiger partial charge on any atom is 0.427 e. The van der Waals surface area contributed by atoms with Crippen LogP contribution in [0.1, 0.15) is 5.56 Å². The molecule has 0 radical (unpaired) electrons. The number of rotatable bonds is 2. The predicted octanol–water partition coefficient (Wildman–Crippen LogP) is 2.50. The third-order valence-corrected chi connectivity index (χ3v) is 2.35. The van der Waals surface area contributed by atoms with Gasteiger partial charge >= 0.3 is 6.09 Å². The minimum Gasteiger partial charge on any atom is -0.506 e. The first-order chi connectivity index (χ1) is 7.54. The van der Waals surface area contributed by atoms with Gasteiger partial charge in [0.2, 0.25) is 0 Å². The van der Waals surface area contributed by atoms with Gasteiger partial charge in [0, 0.05) is 10.0 Å². The molecule has 0 spiro atoms. The van der Waals surface area contributed by atoms with Gasteiger partial charge in [-0.05, 0) is 12.1 Å². The highest BCUT2D eigenvalue weighted by molar-refractivity contribution is 9.10. The van der Waals surface area contributed by atoms with E-state index in [1.807, 2.05) is 0 Å². The number of methoxy groups -OCH3 is 1. The van der Waals surface area contributed by atoms with Crippen LogP contribution in [-0.2, 0) is 4.74 Å². The summed E-state index contributed by atoms with van der Waals surface area (Å²) in [5.74, 6) is -0.111. The molecule has 0 saturated carbocycles. The van der Waals surface area contributed by atoms with Crippen molar-refractivity contribution in [3.8, 4) is 5.75 Å². The lowest BCUT2D eigenvalue weighted by atomic mass is 10.2. The van der Waals surface area contributed by atoms with Gasteiger partial charge in [0.05, 0.1) is 18.3 Å². The molecule has 86 valence electrons. The number of hydrogen-bond donors (Lipinski definition) is 2. The Kier molecular flexibility index (Phi) is 4.57. The first kappa shape index (κ1) is 12.8. The Labute approximate surface area is 105 Å². The average molecular weight is 308 g/mol. The zero-order chi connectivity index (χ0) is 12.1. The summed E-state index contributed by atoms with van der Waals surface area (Å²) in [7, 11) is 1.22. The lowest BCUT2D eigenvalue weighted by Gasteiger charge is -2.02. The molecular weight excluding hydrogens is 299 g/mol. The number of aromatic hydroxyl groups is 1. The van der Waals surface area contributed by atoms with E-state index in [0.717, 1.165) is 0 Å². The summed E-state index contributed by atoms with van der Waals surface area (Å²) < 4.78 is 4.99. The number of carbonyl (C=O) groups is 1. The van der Waals surface area contributed by atoms with Crippen LogP contribution in [0.4, 0.5) is 4.79 Å². The molecule has 0 aliphatic heterocycles. The Balaban J connectivity index is 2.85. The topological polar surface area (TPSA) is 70.9 Å². The quantitative estimate of drug-likeness (QED) is 0.651. The van der Waals surface area contributed by atoms with E-state index >= 15 is 0 Å². The Morgan fingerprint density at radius 1 is 1.69 bits per heavy atom. The summed E-state index contributed by atoms with van der Waals surface area (Å²) in [6.07, 6.45) is 0.555. The normalized spacial score (nSPS) is 10.4. The van der Waals surface area contributed by atoms with Crippen LogP contribution in [0.5, 0.6) is 5.75 Å². The number of hydrogen-bond acceptors (Lipinski definition) is 4. The Morgan fingerprint density at radius 3 is 3.00 bits per heavy atom. The van der Waals surface area contributed by atoms with E-state index < -0.39 is 6.09 Å². The van der Waals surface area contributed by atoms with Gasteiger partial charge in [-0.1, -0.05) is 27.5 Å². The fourth-order valence-electron chi connectivity index (χ4n) is 0.884. The molecule has 0 aromatic heterocycles. The summed E-state index contributed by atoms with van der Waals surface area (Å²) in [6, 6.07) is 3.14. The molecule has 16 heavy (non-hydrogen) atoms. The first-order valence-electron chi connectivity index (χ1n) is 4.09. The van der Waals surface area contributed by atoms with E-state index in [1.165, 1.54) is 13.3 Å². The Bertz CT molecular complexity index is 437. The van der Waals surface area contributed by atoms with E-state index in [4.69, 9.17) is 11.6 Å². The number of phenolic OH excluding ortho intramolecular Hbond substituents is 1. The van der Waals surface area contributed by atoms with Gasteiger partial charge in [-0.25, -0.2) is 10.2 Å². The molecule has 0 bridgehead atoms. The van der Waals surface area contributed by atoms with E-state index in [1.54, 1.807) is 12.1 Å². The van der Waals surface area contributed by atoms with Crippen LogP contribution >= 0.6 is 27.5 Å². The van der Waals surface area contributed by atoms with Gasteiger partial charge in [0.1, 0.15) is 5.75 Å². The van der Waals surface area contributed by atoms with Crippen LogP contribution in [0.15, 0.2) is 21.7 Å². The highest BCUT2D eigenvalue weighted by atomic mass is 79.9. The van der Waals surface area contributed by atoms with Gasteiger partial charge in [-0.15, -0.1) is 0 Å². The number of nitrogens with zero attached hydrogens (tertiary/aromatic N) is 1. The third kappa shape index (κ3) is 3.39. The molecule has 5 nitrogen and oxygen atoms in total. The van der Waals surface area contributed by atoms with Crippen LogP contribution in [0.25, 0.3) is 0 Å². The molecule has 0 aliphatic rings. The Hall–Kier alpha value is -1.27.